The van der Waals surface area contributed by atoms with Crippen molar-refractivity contribution in [3.8, 4) is 0 Å². The third-order valence-corrected chi connectivity index (χ3v) is 4.57. The lowest BCUT2D eigenvalue weighted by Gasteiger charge is -2.31. The second-order valence-electron chi connectivity index (χ2n) is 6.63. The van der Waals surface area contributed by atoms with E-state index < -0.39 is 0 Å². The number of nitrogens with zero attached hydrogens (tertiary/aromatic N) is 3. The molecule has 0 bridgehead atoms. The van der Waals surface area contributed by atoms with Crippen molar-refractivity contribution >= 4 is 29.3 Å². The van der Waals surface area contributed by atoms with Gasteiger partial charge in [0.15, 0.2) is 5.78 Å². The molecule has 148 valence electrons. The Labute approximate surface area is 164 Å². The summed E-state index contributed by atoms with van der Waals surface area (Å²) < 4.78 is 5.04. The Hall–Kier alpha value is -3.16. The van der Waals surface area contributed by atoms with Crippen molar-refractivity contribution < 1.29 is 14.3 Å². The van der Waals surface area contributed by atoms with Gasteiger partial charge in [-0.3, -0.25) is 4.79 Å². The zero-order chi connectivity index (χ0) is 19.9. The molecule has 0 atom stereocenters. The molecule has 1 saturated heterocycles. The van der Waals surface area contributed by atoms with Gasteiger partial charge < -0.3 is 20.3 Å². The summed E-state index contributed by atoms with van der Waals surface area (Å²) in [5.74, 6) is 1.24. The van der Waals surface area contributed by atoms with E-state index in [-0.39, 0.29) is 17.9 Å². The minimum Gasteiger partial charge on any atom is -0.450 e. The third-order valence-electron chi connectivity index (χ3n) is 4.57. The van der Waals surface area contributed by atoms with Crippen LogP contribution in [0.4, 0.5) is 22.2 Å². The molecule has 1 amide bonds. The van der Waals surface area contributed by atoms with E-state index >= 15 is 0 Å². The van der Waals surface area contributed by atoms with Gasteiger partial charge in [-0.1, -0.05) is 0 Å². The number of piperidine rings is 1. The van der Waals surface area contributed by atoms with Crippen LogP contribution in [0.5, 0.6) is 0 Å². The predicted octanol–water partition coefficient (Wildman–Crippen LogP) is 3.46. The number of ether oxygens (including phenoxy) is 1. The number of rotatable bonds is 6. The van der Waals surface area contributed by atoms with E-state index in [2.05, 4.69) is 20.6 Å². The minimum atomic E-state index is -0.251. The maximum atomic E-state index is 11.8. The molecule has 1 aromatic carbocycles. The zero-order valence-corrected chi connectivity index (χ0v) is 16.1. The monoisotopic (exact) mass is 383 g/mol. The summed E-state index contributed by atoms with van der Waals surface area (Å²) in [6.45, 7) is 5.04. The van der Waals surface area contributed by atoms with E-state index in [9.17, 15) is 9.59 Å². The van der Waals surface area contributed by atoms with Gasteiger partial charge in [0.2, 0.25) is 5.95 Å². The van der Waals surface area contributed by atoms with Crippen LogP contribution in [0.2, 0.25) is 0 Å². The number of hydrogen-bond donors (Lipinski definition) is 2. The molecular weight excluding hydrogens is 358 g/mol. The van der Waals surface area contributed by atoms with Gasteiger partial charge in [-0.25, -0.2) is 9.78 Å². The molecule has 0 aliphatic carbocycles. The molecule has 0 spiro atoms. The predicted molar refractivity (Wildman–Crippen MR) is 107 cm³/mol. The molecule has 8 nitrogen and oxygen atoms in total. The molecule has 28 heavy (non-hydrogen) atoms. The van der Waals surface area contributed by atoms with Gasteiger partial charge in [-0.2, -0.15) is 4.98 Å². The largest absolute Gasteiger partial charge is 0.450 e. The van der Waals surface area contributed by atoms with Crippen LogP contribution in [-0.4, -0.2) is 52.5 Å². The molecule has 0 saturated carbocycles. The molecule has 1 aliphatic rings. The Morgan fingerprint density at radius 3 is 2.54 bits per heavy atom. The molecule has 1 fully saturated rings. The first-order valence-electron chi connectivity index (χ1n) is 9.44. The van der Waals surface area contributed by atoms with Gasteiger partial charge in [-0.05, 0) is 57.0 Å². The summed E-state index contributed by atoms with van der Waals surface area (Å²) in [6, 6.07) is 9.24. The van der Waals surface area contributed by atoms with Crippen LogP contribution in [0.25, 0.3) is 0 Å². The first-order chi connectivity index (χ1) is 13.5. The zero-order valence-electron chi connectivity index (χ0n) is 16.1. The van der Waals surface area contributed by atoms with Gasteiger partial charge in [0.25, 0.3) is 0 Å². The van der Waals surface area contributed by atoms with Gasteiger partial charge in [-0.15, -0.1) is 0 Å². The number of nitrogens with one attached hydrogen (secondary N) is 2. The fraction of sp³-hybridized carbons (Fsp3) is 0.400. The number of anilines is 3. The minimum absolute atomic E-state index is 0.0362. The van der Waals surface area contributed by atoms with Crippen LogP contribution in [0.3, 0.4) is 0 Å². The Bertz CT molecular complexity index is 817. The first kappa shape index (κ1) is 19.6. The fourth-order valence-corrected chi connectivity index (χ4v) is 3.04. The van der Waals surface area contributed by atoms with E-state index in [1.54, 1.807) is 36.2 Å². The molecule has 3 rings (SSSR count). The maximum Gasteiger partial charge on any atom is 0.409 e. The number of likely N-dealkylation sites (tertiary alicyclic amines) is 1. The summed E-state index contributed by atoms with van der Waals surface area (Å²) in [6.07, 6.45) is 3.06. The highest BCUT2D eigenvalue weighted by Gasteiger charge is 2.23. The highest BCUT2D eigenvalue weighted by Crippen LogP contribution is 2.18. The summed E-state index contributed by atoms with van der Waals surface area (Å²) in [7, 11) is 0. The molecule has 1 aromatic heterocycles. The highest BCUT2D eigenvalue weighted by molar-refractivity contribution is 5.94. The molecule has 2 N–H and O–H groups in total. The number of carbonyl (C=O) groups excluding carboxylic acids is 2. The number of hydrogen-bond acceptors (Lipinski definition) is 7. The van der Waals surface area contributed by atoms with Crippen molar-refractivity contribution in [2.24, 2.45) is 0 Å². The third kappa shape index (κ3) is 5.18. The smallest absolute Gasteiger partial charge is 0.409 e. The van der Waals surface area contributed by atoms with E-state index in [1.165, 1.54) is 0 Å². The molecule has 2 heterocycles. The maximum absolute atomic E-state index is 11.8. The average Bonchev–Trinajstić information content (AvgIpc) is 2.69. The van der Waals surface area contributed by atoms with Crippen molar-refractivity contribution in [3.05, 3.63) is 42.1 Å². The van der Waals surface area contributed by atoms with Crippen molar-refractivity contribution in [3.63, 3.8) is 0 Å². The van der Waals surface area contributed by atoms with Crippen molar-refractivity contribution in [1.29, 1.82) is 0 Å². The van der Waals surface area contributed by atoms with Gasteiger partial charge in [0, 0.05) is 36.6 Å². The van der Waals surface area contributed by atoms with Crippen LogP contribution >= 0.6 is 0 Å². The number of benzene rings is 1. The van der Waals surface area contributed by atoms with Crippen LogP contribution < -0.4 is 10.6 Å². The highest BCUT2D eigenvalue weighted by atomic mass is 16.6. The Balaban J connectivity index is 1.55. The second kappa shape index (κ2) is 9.16. The summed E-state index contributed by atoms with van der Waals surface area (Å²) in [5, 5.41) is 6.55. The summed E-state index contributed by atoms with van der Waals surface area (Å²) in [4.78, 5) is 33.6. The van der Waals surface area contributed by atoms with Crippen LogP contribution in [-0.2, 0) is 4.74 Å². The molecule has 2 aromatic rings. The van der Waals surface area contributed by atoms with E-state index in [1.807, 2.05) is 19.1 Å². The topological polar surface area (TPSA) is 96.5 Å². The van der Waals surface area contributed by atoms with Crippen LogP contribution in [0.1, 0.15) is 37.0 Å². The lowest BCUT2D eigenvalue weighted by Crippen LogP contribution is -2.42. The number of aromatic nitrogens is 2. The standard InChI is InChI=1S/C20H25N5O3/c1-3-28-20(27)25-12-9-17(10-13-25)23-19-21-11-8-18(24-19)22-16-6-4-15(5-7-16)14(2)26/h4-8,11,17H,3,9-10,12-13H2,1-2H3,(H2,21,22,23,24). The molecule has 8 heteroatoms. The lowest BCUT2D eigenvalue weighted by atomic mass is 10.1. The van der Waals surface area contributed by atoms with E-state index in [4.69, 9.17) is 4.74 Å². The van der Waals surface area contributed by atoms with Crippen molar-refractivity contribution in [1.82, 2.24) is 14.9 Å². The average molecular weight is 383 g/mol. The molecular formula is C20H25N5O3. The molecule has 0 unspecified atom stereocenters. The molecule has 0 radical (unpaired) electrons. The van der Waals surface area contributed by atoms with Crippen LogP contribution in [0, 0.1) is 0 Å². The van der Waals surface area contributed by atoms with Gasteiger partial charge >= 0.3 is 6.09 Å². The summed E-state index contributed by atoms with van der Waals surface area (Å²) in [5.41, 5.74) is 1.52. The Morgan fingerprint density at radius 1 is 1.18 bits per heavy atom. The SMILES string of the molecule is CCOC(=O)N1CCC(Nc2nccc(Nc3ccc(C(C)=O)cc3)n2)CC1. The van der Waals surface area contributed by atoms with Crippen LogP contribution in [0.15, 0.2) is 36.5 Å². The Morgan fingerprint density at radius 2 is 1.89 bits per heavy atom. The van der Waals surface area contributed by atoms with E-state index in [0.29, 0.717) is 37.0 Å². The molecule has 1 aliphatic heterocycles. The summed E-state index contributed by atoms with van der Waals surface area (Å²) >= 11 is 0. The van der Waals surface area contributed by atoms with Gasteiger partial charge in [0.1, 0.15) is 5.82 Å². The second-order valence-corrected chi connectivity index (χ2v) is 6.63. The number of Topliss-reactive ketones (excluding diaryl/α,β-unsaturated/α-hetero) is 1. The number of carbonyl (C=O) groups is 2. The first-order valence-corrected chi connectivity index (χ1v) is 9.44. The number of amides is 1. The fourth-order valence-electron chi connectivity index (χ4n) is 3.04. The van der Waals surface area contributed by atoms with Crippen molar-refractivity contribution in [2.45, 2.75) is 32.7 Å². The quantitative estimate of drug-likeness (QED) is 0.738. The van der Waals surface area contributed by atoms with E-state index in [0.717, 1.165) is 18.5 Å². The van der Waals surface area contributed by atoms with Gasteiger partial charge in [0.05, 0.1) is 6.61 Å². The van der Waals surface area contributed by atoms with Crippen molar-refractivity contribution in [2.75, 3.05) is 30.3 Å². The number of ketones is 1. The Kier molecular flexibility index (Phi) is 6.41. The normalized spacial score (nSPS) is 14.4. The lowest BCUT2D eigenvalue weighted by molar-refractivity contribution is 0.0981.